The predicted octanol–water partition coefficient (Wildman–Crippen LogP) is 3.39. The lowest BCUT2D eigenvalue weighted by Crippen LogP contribution is -2.23. The molecule has 0 bridgehead atoms. The Labute approximate surface area is 166 Å². The third-order valence-corrected chi connectivity index (χ3v) is 4.98. The molecule has 152 valence electrons. The Bertz CT molecular complexity index is 1090. The Morgan fingerprint density at radius 2 is 1.72 bits per heavy atom. The van der Waals surface area contributed by atoms with Crippen molar-refractivity contribution in [1.82, 2.24) is 10.3 Å². The fourth-order valence-corrected chi connectivity index (χ4v) is 3.38. The van der Waals surface area contributed by atoms with Crippen molar-refractivity contribution in [2.24, 2.45) is 0 Å². The second kappa shape index (κ2) is 8.00. The number of benzene rings is 2. The van der Waals surface area contributed by atoms with Crippen molar-refractivity contribution in [2.45, 2.75) is 19.1 Å². The number of phenolic OH excluding ortho intramolecular Hbond substituents is 1. The molecule has 0 aliphatic heterocycles. The first-order valence-electron chi connectivity index (χ1n) is 8.30. The van der Waals surface area contributed by atoms with Gasteiger partial charge in [-0.15, -0.1) is 0 Å². The molecule has 0 atom stereocenters. The molecule has 1 aromatic heterocycles. The molecule has 1 heterocycles. The van der Waals surface area contributed by atoms with Crippen LogP contribution in [-0.4, -0.2) is 21.1 Å². The minimum Gasteiger partial charge on any atom is -0.507 e. The lowest BCUT2D eigenvalue weighted by atomic mass is 10.1. The van der Waals surface area contributed by atoms with Gasteiger partial charge in [-0.3, -0.25) is 14.6 Å². The molecule has 3 aromatic rings. The van der Waals surface area contributed by atoms with Crippen LogP contribution < -0.4 is 10.2 Å². The highest BCUT2D eigenvalue weighted by atomic mass is 32.1. The summed E-state index contributed by atoms with van der Waals surface area (Å²) in [6.45, 7) is -0.0269. The minimum atomic E-state index is -4.43. The van der Waals surface area contributed by atoms with Gasteiger partial charge in [-0.1, -0.05) is 29.5 Å². The lowest BCUT2D eigenvalue weighted by molar-refractivity contribution is -0.137. The summed E-state index contributed by atoms with van der Waals surface area (Å²) in [6.07, 6.45) is -4.26. The van der Waals surface area contributed by atoms with Crippen LogP contribution >= 0.6 is 11.3 Å². The maximum absolute atomic E-state index is 12.6. The highest BCUT2D eigenvalue weighted by molar-refractivity contribution is 7.09. The molecule has 0 saturated heterocycles. The van der Waals surface area contributed by atoms with E-state index in [1.165, 1.54) is 24.3 Å². The summed E-state index contributed by atoms with van der Waals surface area (Å²) in [5, 5.41) is 22.2. The molecule has 4 N–H and O–H groups in total. The summed E-state index contributed by atoms with van der Waals surface area (Å²) in [7, 11) is 0. The van der Waals surface area contributed by atoms with Crippen molar-refractivity contribution in [3.05, 3.63) is 79.3 Å². The maximum Gasteiger partial charge on any atom is 0.416 e. The number of halogens is 3. The van der Waals surface area contributed by atoms with Gasteiger partial charge in [-0.2, -0.15) is 13.2 Å². The van der Waals surface area contributed by atoms with Crippen molar-refractivity contribution in [1.29, 1.82) is 0 Å². The van der Waals surface area contributed by atoms with Gasteiger partial charge in [-0.05, 0) is 35.4 Å². The Balaban J connectivity index is 1.70. The molecular weight excluding hydrogens is 409 g/mol. The number of aromatic amines is 1. The van der Waals surface area contributed by atoms with Crippen molar-refractivity contribution in [2.75, 3.05) is 0 Å². The van der Waals surface area contributed by atoms with Crippen molar-refractivity contribution < 1.29 is 28.2 Å². The van der Waals surface area contributed by atoms with Gasteiger partial charge in [0.1, 0.15) is 5.75 Å². The van der Waals surface area contributed by atoms with E-state index in [1.54, 1.807) is 6.07 Å². The zero-order valence-corrected chi connectivity index (χ0v) is 15.5. The maximum atomic E-state index is 12.6. The summed E-state index contributed by atoms with van der Waals surface area (Å²) in [5.41, 5.74) is 0.224. The number of amides is 1. The molecule has 0 spiro atoms. The molecule has 0 fully saturated rings. The number of hydrogen-bond donors (Lipinski definition) is 4. The molecule has 2 aromatic carbocycles. The number of H-pyrrole nitrogens is 1. The van der Waals surface area contributed by atoms with Crippen LogP contribution in [-0.2, 0) is 19.1 Å². The summed E-state index contributed by atoms with van der Waals surface area (Å²) in [5.74, 6) is -1.14. The third-order valence-electron chi connectivity index (χ3n) is 4.11. The first-order valence-corrected chi connectivity index (χ1v) is 9.12. The number of aromatic nitrogens is 1. The molecule has 0 saturated carbocycles. The van der Waals surface area contributed by atoms with E-state index in [-0.39, 0.29) is 30.2 Å². The predicted molar refractivity (Wildman–Crippen MR) is 100 cm³/mol. The Morgan fingerprint density at radius 3 is 2.31 bits per heavy atom. The van der Waals surface area contributed by atoms with Crippen molar-refractivity contribution >= 4 is 17.2 Å². The molecule has 3 rings (SSSR count). The number of rotatable bonds is 5. The Morgan fingerprint density at radius 1 is 1.07 bits per heavy atom. The second-order valence-electron chi connectivity index (χ2n) is 6.19. The standard InChI is InChI=1S/C19H15F3N2O4S/c20-19(21,22)12-4-1-10(2-5-12)9-23-16(26)13-7-11(3-6-14(13)25)8-15-17(27)24-18(28)29-15/h1-7,25,27H,8-9H2,(H,23,26)(H,24,28). The molecule has 0 aliphatic carbocycles. The van der Waals surface area contributed by atoms with Crippen LogP contribution in [0.2, 0.25) is 0 Å². The number of aromatic hydroxyl groups is 2. The van der Waals surface area contributed by atoms with E-state index in [0.29, 0.717) is 16.0 Å². The Kier molecular flexibility index (Phi) is 5.64. The van der Waals surface area contributed by atoms with Gasteiger partial charge < -0.3 is 15.5 Å². The van der Waals surface area contributed by atoms with Crippen LogP contribution in [0.15, 0.2) is 47.3 Å². The second-order valence-corrected chi connectivity index (χ2v) is 7.26. The average Bonchev–Trinajstić information content (AvgIpc) is 2.97. The monoisotopic (exact) mass is 424 g/mol. The lowest BCUT2D eigenvalue weighted by Gasteiger charge is -2.10. The Hall–Kier alpha value is -3.27. The van der Waals surface area contributed by atoms with Crippen molar-refractivity contribution in [3.8, 4) is 11.6 Å². The van der Waals surface area contributed by atoms with Crippen LogP contribution in [0.25, 0.3) is 0 Å². The van der Waals surface area contributed by atoms with E-state index in [0.717, 1.165) is 23.5 Å². The normalized spacial score (nSPS) is 11.4. The van der Waals surface area contributed by atoms with Crippen LogP contribution in [0.1, 0.15) is 31.9 Å². The van der Waals surface area contributed by atoms with Crippen LogP contribution in [0.5, 0.6) is 11.6 Å². The molecule has 0 unspecified atom stereocenters. The van der Waals surface area contributed by atoms with E-state index in [9.17, 15) is 33.0 Å². The topological polar surface area (TPSA) is 102 Å². The van der Waals surface area contributed by atoms with Gasteiger partial charge >= 0.3 is 11.0 Å². The molecule has 10 heteroatoms. The van der Waals surface area contributed by atoms with E-state index in [1.807, 2.05) is 0 Å². The minimum absolute atomic E-state index is 0.0269. The highest BCUT2D eigenvalue weighted by Crippen LogP contribution is 2.29. The summed E-state index contributed by atoms with van der Waals surface area (Å²) in [4.78, 5) is 25.9. The molecule has 6 nitrogen and oxygen atoms in total. The first-order chi connectivity index (χ1) is 13.6. The van der Waals surface area contributed by atoms with Gasteiger partial charge in [0.2, 0.25) is 5.88 Å². The number of carbonyl (C=O) groups is 1. The molecule has 0 radical (unpaired) electrons. The van der Waals surface area contributed by atoms with Crippen LogP contribution in [0, 0.1) is 0 Å². The molecule has 0 aliphatic rings. The van der Waals surface area contributed by atoms with E-state index in [2.05, 4.69) is 10.3 Å². The number of nitrogens with one attached hydrogen (secondary N) is 2. The molecule has 1 amide bonds. The van der Waals surface area contributed by atoms with E-state index < -0.39 is 22.5 Å². The van der Waals surface area contributed by atoms with Crippen LogP contribution in [0.3, 0.4) is 0 Å². The zero-order valence-electron chi connectivity index (χ0n) is 14.7. The van der Waals surface area contributed by atoms with Gasteiger partial charge in [0.05, 0.1) is 16.0 Å². The number of thiazole rings is 1. The van der Waals surface area contributed by atoms with Crippen molar-refractivity contribution in [3.63, 3.8) is 0 Å². The molecule has 29 heavy (non-hydrogen) atoms. The number of phenols is 1. The van der Waals surface area contributed by atoms with E-state index >= 15 is 0 Å². The SMILES string of the molecule is O=C(NCc1ccc(C(F)(F)F)cc1)c1cc(Cc2sc(=O)[nH]c2O)ccc1O. The quantitative estimate of drug-likeness (QED) is 0.504. The molecular formula is C19H15F3N2O4S. The number of hydrogen-bond acceptors (Lipinski definition) is 5. The van der Waals surface area contributed by atoms with Gasteiger partial charge in [0.15, 0.2) is 0 Å². The largest absolute Gasteiger partial charge is 0.507 e. The van der Waals surface area contributed by atoms with Gasteiger partial charge in [0.25, 0.3) is 5.91 Å². The number of carbonyl (C=O) groups excluding carboxylic acids is 1. The van der Waals surface area contributed by atoms with Gasteiger partial charge in [0, 0.05) is 13.0 Å². The summed E-state index contributed by atoms with van der Waals surface area (Å²) in [6, 6.07) is 8.65. The fourth-order valence-electron chi connectivity index (χ4n) is 2.62. The zero-order chi connectivity index (χ0) is 21.2. The number of alkyl halides is 3. The first kappa shape index (κ1) is 20.5. The van der Waals surface area contributed by atoms with E-state index in [4.69, 9.17) is 0 Å². The van der Waals surface area contributed by atoms with Crippen LogP contribution in [0.4, 0.5) is 13.2 Å². The summed E-state index contributed by atoms with van der Waals surface area (Å²) >= 11 is 0.834. The smallest absolute Gasteiger partial charge is 0.416 e. The highest BCUT2D eigenvalue weighted by Gasteiger charge is 2.29. The average molecular weight is 424 g/mol. The fraction of sp³-hybridized carbons (Fsp3) is 0.158. The summed E-state index contributed by atoms with van der Waals surface area (Å²) < 4.78 is 37.8. The van der Waals surface area contributed by atoms with Gasteiger partial charge in [-0.25, -0.2) is 0 Å². The third kappa shape index (κ3) is 4.96.